The van der Waals surface area contributed by atoms with Crippen molar-refractivity contribution < 1.29 is 19.4 Å². The van der Waals surface area contributed by atoms with E-state index in [2.05, 4.69) is 0 Å². The summed E-state index contributed by atoms with van der Waals surface area (Å²) in [6.07, 6.45) is 3.00. The standard InChI is InChI=1S/C17H16O4/c18-13-21-16-8-4-7-14(11-16)9-10-17(19)20-12-15-5-2-1-3-6-15/h1-11,18H,12-13H2/b10-9+. The maximum absolute atomic E-state index is 11.6. The predicted octanol–water partition coefficient (Wildman–Crippen LogP) is 2.77. The van der Waals surface area contributed by atoms with Crippen LogP contribution in [0.4, 0.5) is 0 Å². The maximum atomic E-state index is 11.6. The number of benzene rings is 2. The largest absolute Gasteiger partial charge is 0.468 e. The van der Waals surface area contributed by atoms with E-state index in [4.69, 9.17) is 14.6 Å². The topological polar surface area (TPSA) is 55.8 Å². The number of aliphatic hydroxyl groups excluding tert-OH is 1. The molecule has 0 fully saturated rings. The third-order valence-corrected chi connectivity index (χ3v) is 2.73. The minimum absolute atomic E-state index is 0.248. The number of hydrogen-bond donors (Lipinski definition) is 1. The number of hydrogen-bond acceptors (Lipinski definition) is 4. The highest BCUT2D eigenvalue weighted by molar-refractivity contribution is 5.87. The van der Waals surface area contributed by atoms with Gasteiger partial charge < -0.3 is 14.6 Å². The lowest BCUT2D eigenvalue weighted by molar-refractivity contribution is -0.138. The van der Waals surface area contributed by atoms with Gasteiger partial charge in [-0.25, -0.2) is 4.79 Å². The Morgan fingerprint density at radius 2 is 1.90 bits per heavy atom. The Bertz CT molecular complexity index is 605. The second kappa shape index (κ2) is 7.87. The molecule has 108 valence electrons. The summed E-state index contributed by atoms with van der Waals surface area (Å²) >= 11 is 0. The fourth-order valence-electron chi connectivity index (χ4n) is 1.72. The molecular weight excluding hydrogens is 268 g/mol. The molecule has 21 heavy (non-hydrogen) atoms. The van der Waals surface area contributed by atoms with E-state index in [9.17, 15) is 4.79 Å². The Labute approximate surface area is 123 Å². The minimum atomic E-state index is -0.410. The average Bonchev–Trinajstić information content (AvgIpc) is 2.53. The van der Waals surface area contributed by atoms with Crippen LogP contribution in [0, 0.1) is 0 Å². The van der Waals surface area contributed by atoms with Crippen LogP contribution < -0.4 is 4.74 Å². The zero-order valence-electron chi connectivity index (χ0n) is 11.4. The number of aliphatic hydroxyl groups is 1. The zero-order valence-corrected chi connectivity index (χ0v) is 11.4. The molecule has 2 rings (SSSR count). The molecule has 0 spiro atoms. The van der Waals surface area contributed by atoms with Crippen molar-refractivity contribution in [2.75, 3.05) is 6.79 Å². The van der Waals surface area contributed by atoms with Crippen molar-refractivity contribution in [1.29, 1.82) is 0 Å². The number of esters is 1. The first-order chi connectivity index (χ1) is 10.3. The molecule has 2 aromatic rings. The van der Waals surface area contributed by atoms with Gasteiger partial charge in [0.25, 0.3) is 0 Å². The lowest BCUT2D eigenvalue weighted by atomic mass is 10.2. The van der Waals surface area contributed by atoms with E-state index < -0.39 is 5.97 Å². The van der Waals surface area contributed by atoms with E-state index in [1.54, 1.807) is 24.3 Å². The van der Waals surface area contributed by atoms with E-state index in [-0.39, 0.29) is 13.4 Å². The van der Waals surface area contributed by atoms with Gasteiger partial charge >= 0.3 is 5.97 Å². The summed E-state index contributed by atoms with van der Waals surface area (Å²) in [5, 5.41) is 8.69. The molecule has 0 saturated carbocycles. The van der Waals surface area contributed by atoms with Crippen molar-refractivity contribution in [2.24, 2.45) is 0 Å². The highest BCUT2D eigenvalue weighted by Crippen LogP contribution is 2.14. The third kappa shape index (κ3) is 5.12. The normalized spacial score (nSPS) is 10.5. The van der Waals surface area contributed by atoms with Crippen LogP contribution in [0.25, 0.3) is 6.08 Å². The fraction of sp³-hybridized carbons (Fsp3) is 0.118. The molecule has 0 bridgehead atoms. The van der Waals surface area contributed by atoms with Crippen molar-refractivity contribution in [3.63, 3.8) is 0 Å². The molecule has 4 heteroatoms. The van der Waals surface area contributed by atoms with Crippen LogP contribution in [-0.4, -0.2) is 17.9 Å². The Morgan fingerprint density at radius 1 is 1.10 bits per heavy atom. The first kappa shape index (κ1) is 14.8. The summed E-state index contributed by atoms with van der Waals surface area (Å²) < 4.78 is 10.1. The Kier molecular flexibility index (Phi) is 5.55. The summed E-state index contributed by atoms with van der Waals surface area (Å²) in [6, 6.07) is 16.5. The van der Waals surface area contributed by atoms with Gasteiger partial charge in [0.1, 0.15) is 12.4 Å². The second-order valence-corrected chi connectivity index (χ2v) is 4.27. The van der Waals surface area contributed by atoms with Crippen molar-refractivity contribution in [3.05, 3.63) is 71.8 Å². The minimum Gasteiger partial charge on any atom is -0.468 e. The highest BCUT2D eigenvalue weighted by atomic mass is 16.6. The molecule has 0 saturated heterocycles. The van der Waals surface area contributed by atoms with Crippen LogP contribution in [0.15, 0.2) is 60.7 Å². The average molecular weight is 284 g/mol. The summed E-state index contributed by atoms with van der Waals surface area (Å²) in [4.78, 5) is 11.6. The lowest BCUT2D eigenvalue weighted by Crippen LogP contribution is -2.00. The van der Waals surface area contributed by atoms with E-state index in [1.165, 1.54) is 6.08 Å². The molecule has 0 aliphatic heterocycles. The van der Waals surface area contributed by atoms with Crippen molar-refractivity contribution in [1.82, 2.24) is 0 Å². The summed E-state index contributed by atoms with van der Waals surface area (Å²) in [5.41, 5.74) is 1.73. The molecule has 0 heterocycles. The fourth-order valence-corrected chi connectivity index (χ4v) is 1.72. The van der Waals surface area contributed by atoms with E-state index >= 15 is 0 Å². The molecule has 2 aromatic carbocycles. The molecular formula is C17H16O4. The zero-order chi connectivity index (χ0) is 14.9. The van der Waals surface area contributed by atoms with Gasteiger partial charge in [0, 0.05) is 6.08 Å². The Hall–Kier alpha value is -2.59. The molecule has 1 N–H and O–H groups in total. The summed E-state index contributed by atoms with van der Waals surface area (Å²) in [7, 11) is 0. The molecule has 4 nitrogen and oxygen atoms in total. The Morgan fingerprint density at radius 3 is 2.67 bits per heavy atom. The second-order valence-electron chi connectivity index (χ2n) is 4.27. The van der Waals surface area contributed by atoms with Gasteiger partial charge in [-0.2, -0.15) is 0 Å². The molecule has 0 amide bonds. The number of carbonyl (C=O) groups is 1. The van der Waals surface area contributed by atoms with Gasteiger partial charge in [-0.05, 0) is 29.3 Å². The van der Waals surface area contributed by atoms with Gasteiger partial charge in [-0.3, -0.25) is 0 Å². The van der Waals surface area contributed by atoms with Gasteiger partial charge in [0.15, 0.2) is 6.79 Å². The lowest BCUT2D eigenvalue weighted by Gasteiger charge is -2.03. The van der Waals surface area contributed by atoms with Crippen molar-refractivity contribution in [2.45, 2.75) is 6.61 Å². The predicted molar refractivity (Wildman–Crippen MR) is 79.4 cm³/mol. The van der Waals surface area contributed by atoms with Crippen LogP contribution >= 0.6 is 0 Å². The molecule has 0 atom stereocenters. The van der Waals surface area contributed by atoms with E-state index in [0.29, 0.717) is 5.75 Å². The van der Waals surface area contributed by atoms with E-state index in [1.807, 2.05) is 36.4 Å². The molecule has 0 unspecified atom stereocenters. The number of carbonyl (C=O) groups excluding carboxylic acids is 1. The monoisotopic (exact) mass is 284 g/mol. The van der Waals surface area contributed by atoms with Gasteiger partial charge in [-0.15, -0.1) is 0 Å². The maximum Gasteiger partial charge on any atom is 0.331 e. The van der Waals surface area contributed by atoms with Crippen LogP contribution in [0.5, 0.6) is 5.75 Å². The molecule has 0 aliphatic carbocycles. The number of rotatable bonds is 6. The molecule has 0 aliphatic rings. The smallest absolute Gasteiger partial charge is 0.331 e. The quantitative estimate of drug-likeness (QED) is 0.503. The van der Waals surface area contributed by atoms with E-state index in [0.717, 1.165) is 11.1 Å². The highest BCUT2D eigenvalue weighted by Gasteiger charge is 1.99. The van der Waals surface area contributed by atoms with Crippen LogP contribution in [0.2, 0.25) is 0 Å². The molecule has 0 radical (unpaired) electrons. The summed E-state index contributed by atoms with van der Waals surface area (Å²) in [6.45, 7) is -0.135. The van der Waals surface area contributed by atoms with Crippen molar-refractivity contribution in [3.8, 4) is 5.75 Å². The first-order valence-corrected chi connectivity index (χ1v) is 6.50. The van der Waals surface area contributed by atoms with Gasteiger partial charge in [0.05, 0.1) is 0 Å². The number of ether oxygens (including phenoxy) is 2. The van der Waals surface area contributed by atoms with Crippen LogP contribution in [0.1, 0.15) is 11.1 Å². The van der Waals surface area contributed by atoms with Crippen molar-refractivity contribution >= 4 is 12.0 Å². The Balaban J connectivity index is 1.88. The molecule has 0 aromatic heterocycles. The van der Waals surface area contributed by atoms with Crippen LogP contribution in [0.3, 0.4) is 0 Å². The van der Waals surface area contributed by atoms with Gasteiger partial charge in [-0.1, -0.05) is 42.5 Å². The SMILES string of the molecule is O=C(/C=C/c1cccc(OCO)c1)OCc1ccccc1. The van der Waals surface area contributed by atoms with Crippen LogP contribution in [-0.2, 0) is 16.1 Å². The van der Waals surface area contributed by atoms with Gasteiger partial charge in [0.2, 0.25) is 0 Å². The first-order valence-electron chi connectivity index (χ1n) is 6.50. The summed E-state index contributed by atoms with van der Waals surface area (Å²) in [5.74, 6) is 0.129. The third-order valence-electron chi connectivity index (χ3n) is 2.73.